The first-order valence-corrected chi connectivity index (χ1v) is 5.09. The molecule has 1 atom stereocenters. The van der Waals surface area contributed by atoms with Gasteiger partial charge in [0, 0.05) is 5.25 Å². The molecule has 0 radical (unpaired) electrons. The van der Waals surface area contributed by atoms with Gasteiger partial charge in [0.2, 0.25) is 0 Å². The number of thioether (sulfide) groups is 1. The van der Waals surface area contributed by atoms with Crippen molar-refractivity contribution < 1.29 is 9.90 Å². The Morgan fingerprint density at radius 1 is 1.55 bits per heavy atom. The van der Waals surface area contributed by atoms with E-state index in [-0.39, 0.29) is 5.25 Å². The highest BCUT2D eigenvalue weighted by Crippen LogP contribution is 2.19. The predicted molar refractivity (Wildman–Crippen MR) is 49.0 cm³/mol. The van der Waals surface area contributed by atoms with Crippen LogP contribution in [0.4, 0.5) is 0 Å². The summed E-state index contributed by atoms with van der Waals surface area (Å²) in [5.41, 5.74) is 0. The van der Waals surface area contributed by atoms with Crippen LogP contribution in [0.15, 0.2) is 0 Å². The second-order valence-corrected chi connectivity index (χ2v) is 4.22. The van der Waals surface area contributed by atoms with Crippen LogP contribution in [0.25, 0.3) is 0 Å². The SMILES string of the molecule is CSC(CC(=O)O)CC(C)C. The molecule has 1 unspecified atom stereocenters. The van der Waals surface area contributed by atoms with Crippen LogP contribution in [0.2, 0.25) is 0 Å². The van der Waals surface area contributed by atoms with Crippen molar-refractivity contribution in [1.29, 1.82) is 0 Å². The molecule has 0 saturated heterocycles. The Labute approximate surface area is 72.4 Å². The van der Waals surface area contributed by atoms with Gasteiger partial charge in [-0.1, -0.05) is 13.8 Å². The van der Waals surface area contributed by atoms with Crippen molar-refractivity contribution in [2.45, 2.75) is 31.9 Å². The lowest BCUT2D eigenvalue weighted by molar-refractivity contribution is -0.137. The molecular weight excluding hydrogens is 160 g/mol. The van der Waals surface area contributed by atoms with Gasteiger partial charge in [-0.15, -0.1) is 0 Å². The minimum absolute atomic E-state index is 0.285. The summed E-state index contributed by atoms with van der Waals surface area (Å²) in [6, 6.07) is 0. The molecule has 0 aromatic heterocycles. The molecule has 0 fully saturated rings. The maximum absolute atomic E-state index is 10.3. The average Bonchev–Trinajstić information content (AvgIpc) is 1.84. The number of rotatable bonds is 5. The Morgan fingerprint density at radius 2 is 2.09 bits per heavy atom. The van der Waals surface area contributed by atoms with Gasteiger partial charge in [0.25, 0.3) is 0 Å². The van der Waals surface area contributed by atoms with Crippen molar-refractivity contribution in [2.24, 2.45) is 5.92 Å². The molecule has 0 rings (SSSR count). The highest BCUT2D eigenvalue weighted by Gasteiger charge is 2.12. The van der Waals surface area contributed by atoms with E-state index in [0.29, 0.717) is 12.3 Å². The van der Waals surface area contributed by atoms with Crippen molar-refractivity contribution in [3.8, 4) is 0 Å². The summed E-state index contributed by atoms with van der Waals surface area (Å²) in [7, 11) is 0. The number of hydrogen-bond acceptors (Lipinski definition) is 2. The van der Waals surface area contributed by atoms with Crippen molar-refractivity contribution >= 4 is 17.7 Å². The Bertz CT molecular complexity index is 123. The summed E-state index contributed by atoms with van der Waals surface area (Å²) in [4.78, 5) is 10.3. The summed E-state index contributed by atoms with van der Waals surface area (Å²) in [6.45, 7) is 4.23. The predicted octanol–water partition coefficient (Wildman–Crippen LogP) is 2.24. The number of aliphatic carboxylic acids is 1. The molecule has 0 aromatic carbocycles. The Kier molecular flexibility index (Phi) is 5.38. The van der Waals surface area contributed by atoms with Gasteiger partial charge in [0.15, 0.2) is 0 Å². The van der Waals surface area contributed by atoms with Gasteiger partial charge < -0.3 is 5.11 Å². The highest BCUT2D eigenvalue weighted by molar-refractivity contribution is 7.99. The fourth-order valence-electron chi connectivity index (χ4n) is 0.983. The number of carbonyl (C=O) groups is 1. The average molecular weight is 176 g/mol. The standard InChI is InChI=1S/C8H16O2S/c1-6(2)4-7(11-3)5-8(9)10/h6-7H,4-5H2,1-3H3,(H,9,10). The largest absolute Gasteiger partial charge is 0.481 e. The molecule has 0 spiro atoms. The van der Waals surface area contributed by atoms with Gasteiger partial charge in [-0.2, -0.15) is 11.8 Å². The summed E-state index contributed by atoms with van der Waals surface area (Å²) in [5.74, 6) is -0.100. The quantitative estimate of drug-likeness (QED) is 0.698. The van der Waals surface area contributed by atoms with Crippen LogP contribution in [-0.4, -0.2) is 22.6 Å². The smallest absolute Gasteiger partial charge is 0.304 e. The lowest BCUT2D eigenvalue weighted by Crippen LogP contribution is -2.11. The molecule has 0 bridgehead atoms. The molecule has 2 nitrogen and oxygen atoms in total. The first-order valence-electron chi connectivity index (χ1n) is 3.80. The summed E-state index contributed by atoms with van der Waals surface area (Å²) in [6.07, 6.45) is 3.25. The molecule has 0 aliphatic rings. The van der Waals surface area contributed by atoms with Crippen molar-refractivity contribution in [3.63, 3.8) is 0 Å². The Morgan fingerprint density at radius 3 is 2.36 bits per heavy atom. The van der Waals surface area contributed by atoms with Gasteiger partial charge >= 0.3 is 5.97 Å². The maximum Gasteiger partial charge on any atom is 0.304 e. The van der Waals surface area contributed by atoms with Gasteiger partial charge in [-0.25, -0.2) is 0 Å². The molecule has 0 aliphatic carbocycles. The molecular formula is C8H16O2S. The number of carboxylic acid groups (broad SMARTS) is 1. The molecule has 0 saturated carbocycles. The third-order valence-corrected chi connectivity index (χ3v) is 2.50. The first kappa shape index (κ1) is 10.8. The zero-order valence-electron chi connectivity index (χ0n) is 7.33. The monoisotopic (exact) mass is 176 g/mol. The number of carboxylic acids is 1. The molecule has 3 heteroatoms. The zero-order valence-corrected chi connectivity index (χ0v) is 8.15. The molecule has 1 N–H and O–H groups in total. The molecule has 0 amide bonds. The van der Waals surface area contributed by atoms with E-state index in [1.54, 1.807) is 11.8 Å². The molecule has 66 valence electrons. The zero-order chi connectivity index (χ0) is 8.85. The second kappa shape index (κ2) is 5.47. The summed E-state index contributed by atoms with van der Waals surface area (Å²) >= 11 is 1.65. The van der Waals surface area contributed by atoms with E-state index in [4.69, 9.17) is 5.11 Å². The fourth-order valence-corrected chi connectivity index (χ4v) is 1.87. The Balaban J connectivity index is 3.66. The molecule has 0 aromatic rings. The second-order valence-electron chi connectivity index (χ2n) is 3.09. The van der Waals surface area contributed by atoms with Crippen LogP contribution in [0.3, 0.4) is 0 Å². The summed E-state index contributed by atoms with van der Waals surface area (Å²) in [5, 5.41) is 8.80. The highest BCUT2D eigenvalue weighted by atomic mass is 32.2. The van der Waals surface area contributed by atoms with Gasteiger partial charge in [-0.3, -0.25) is 4.79 Å². The number of hydrogen-bond donors (Lipinski definition) is 1. The molecule has 0 heterocycles. The van der Waals surface area contributed by atoms with Crippen LogP contribution in [0.5, 0.6) is 0 Å². The van der Waals surface area contributed by atoms with E-state index in [9.17, 15) is 4.79 Å². The van der Waals surface area contributed by atoms with E-state index in [1.165, 1.54) is 0 Å². The van der Waals surface area contributed by atoms with Crippen LogP contribution in [0.1, 0.15) is 26.7 Å². The van der Waals surface area contributed by atoms with E-state index in [1.807, 2.05) is 6.26 Å². The van der Waals surface area contributed by atoms with Crippen LogP contribution in [-0.2, 0) is 4.79 Å². The maximum atomic E-state index is 10.3. The van der Waals surface area contributed by atoms with E-state index < -0.39 is 5.97 Å². The van der Waals surface area contributed by atoms with Crippen molar-refractivity contribution in [2.75, 3.05) is 6.26 Å². The van der Waals surface area contributed by atoms with Gasteiger partial charge in [-0.05, 0) is 18.6 Å². The normalized spacial score (nSPS) is 13.5. The van der Waals surface area contributed by atoms with E-state index in [2.05, 4.69) is 13.8 Å². The van der Waals surface area contributed by atoms with Gasteiger partial charge in [0.1, 0.15) is 0 Å². The summed E-state index contributed by atoms with van der Waals surface area (Å²) < 4.78 is 0. The van der Waals surface area contributed by atoms with Crippen LogP contribution in [0, 0.1) is 5.92 Å². The van der Waals surface area contributed by atoms with Crippen molar-refractivity contribution in [3.05, 3.63) is 0 Å². The van der Waals surface area contributed by atoms with Crippen molar-refractivity contribution in [1.82, 2.24) is 0 Å². The first-order chi connectivity index (χ1) is 5.06. The van der Waals surface area contributed by atoms with E-state index in [0.717, 1.165) is 6.42 Å². The molecule has 11 heavy (non-hydrogen) atoms. The third-order valence-electron chi connectivity index (χ3n) is 1.47. The fraction of sp³-hybridized carbons (Fsp3) is 0.875. The van der Waals surface area contributed by atoms with Crippen LogP contribution < -0.4 is 0 Å². The lowest BCUT2D eigenvalue weighted by atomic mass is 10.1. The van der Waals surface area contributed by atoms with Gasteiger partial charge in [0.05, 0.1) is 6.42 Å². The minimum atomic E-state index is -0.690. The van der Waals surface area contributed by atoms with Crippen LogP contribution >= 0.6 is 11.8 Å². The third kappa shape index (κ3) is 6.23. The van der Waals surface area contributed by atoms with E-state index >= 15 is 0 Å². The lowest BCUT2D eigenvalue weighted by Gasteiger charge is -2.13. The molecule has 0 aliphatic heterocycles. The topological polar surface area (TPSA) is 37.3 Å². The Hall–Kier alpha value is -0.180. The minimum Gasteiger partial charge on any atom is -0.481 e.